The summed E-state index contributed by atoms with van der Waals surface area (Å²) >= 11 is 0. The van der Waals surface area contributed by atoms with Crippen molar-refractivity contribution in [2.24, 2.45) is 0 Å². The molecule has 2 aromatic carbocycles. The Bertz CT molecular complexity index is 668. The average molecular weight is 290 g/mol. The molecule has 0 spiro atoms. The Morgan fingerprint density at radius 3 is 2.09 bits per heavy atom. The molecule has 22 heavy (non-hydrogen) atoms. The van der Waals surface area contributed by atoms with Gasteiger partial charge in [0.15, 0.2) is 0 Å². The van der Waals surface area contributed by atoms with E-state index in [1.807, 2.05) is 0 Å². The summed E-state index contributed by atoms with van der Waals surface area (Å²) in [5.41, 5.74) is 6.42. The molecule has 1 fully saturated rings. The van der Waals surface area contributed by atoms with E-state index in [0.717, 1.165) is 26.2 Å². The van der Waals surface area contributed by atoms with E-state index in [1.54, 1.807) is 22.3 Å². The van der Waals surface area contributed by atoms with Crippen molar-refractivity contribution < 1.29 is 0 Å². The van der Waals surface area contributed by atoms with E-state index in [4.69, 9.17) is 0 Å². The molecule has 2 aromatic rings. The second kappa shape index (κ2) is 4.68. The van der Waals surface area contributed by atoms with Crippen molar-refractivity contribution in [3.63, 3.8) is 0 Å². The monoisotopic (exact) mass is 290 g/mol. The van der Waals surface area contributed by atoms with E-state index in [-0.39, 0.29) is 5.54 Å². The van der Waals surface area contributed by atoms with E-state index in [1.165, 1.54) is 12.8 Å². The zero-order valence-electron chi connectivity index (χ0n) is 12.9. The van der Waals surface area contributed by atoms with Crippen LogP contribution in [0.1, 0.15) is 41.0 Å². The molecular weight excluding hydrogens is 268 g/mol. The third kappa shape index (κ3) is 1.52. The summed E-state index contributed by atoms with van der Waals surface area (Å²) in [6.45, 7) is 4.51. The molecule has 0 unspecified atom stereocenters. The predicted molar refractivity (Wildman–Crippen MR) is 89.2 cm³/mol. The molecule has 3 aliphatic carbocycles. The molecule has 2 heteroatoms. The van der Waals surface area contributed by atoms with Crippen molar-refractivity contribution in [1.82, 2.24) is 10.2 Å². The van der Waals surface area contributed by atoms with Crippen LogP contribution in [0.5, 0.6) is 0 Å². The number of piperazine rings is 1. The SMILES string of the molecule is c1ccc2c(c1)C1CCC2(N2CCNCC2)c2ccccc21. The maximum atomic E-state index is 3.51. The number of benzene rings is 2. The van der Waals surface area contributed by atoms with Crippen molar-refractivity contribution >= 4 is 0 Å². The maximum absolute atomic E-state index is 3.51. The van der Waals surface area contributed by atoms with Crippen LogP contribution in [0.3, 0.4) is 0 Å². The molecule has 6 rings (SSSR count). The molecule has 0 amide bonds. The smallest absolute Gasteiger partial charge is 0.0722 e. The Kier molecular flexibility index (Phi) is 2.73. The minimum absolute atomic E-state index is 0.115. The Morgan fingerprint density at radius 2 is 1.45 bits per heavy atom. The number of rotatable bonds is 1. The summed E-state index contributed by atoms with van der Waals surface area (Å²) in [5.74, 6) is 0.609. The normalized spacial score (nSPS) is 29.9. The standard InChI is InChI=1S/C20H22N2/c1-3-7-18-16(5-1)15-9-10-20(18,22-13-11-21-12-14-22)19-8-4-2-6-17(15)19/h1-8,15,21H,9-14H2. The Hall–Kier alpha value is -1.64. The Morgan fingerprint density at radius 1 is 0.864 bits per heavy atom. The van der Waals surface area contributed by atoms with E-state index in [2.05, 4.69) is 58.7 Å². The first-order valence-corrected chi connectivity index (χ1v) is 8.56. The van der Waals surface area contributed by atoms with Crippen molar-refractivity contribution in [2.45, 2.75) is 24.3 Å². The van der Waals surface area contributed by atoms with Gasteiger partial charge in [-0.1, -0.05) is 48.5 Å². The highest BCUT2D eigenvalue weighted by Gasteiger charge is 2.51. The van der Waals surface area contributed by atoms with Crippen LogP contribution in [-0.2, 0) is 5.54 Å². The van der Waals surface area contributed by atoms with Crippen LogP contribution in [0.25, 0.3) is 0 Å². The van der Waals surface area contributed by atoms with Crippen molar-refractivity contribution in [3.05, 3.63) is 70.8 Å². The van der Waals surface area contributed by atoms with E-state index < -0.39 is 0 Å². The summed E-state index contributed by atoms with van der Waals surface area (Å²) in [7, 11) is 0. The lowest BCUT2D eigenvalue weighted by Crippen LogP contribution is -2.58. The molecule has 1 saturated heterocycles. The summed E-state index contributed by atoms with van der Waals surface area (Å²) < 4.78 is 0. The number of hydrogen-bond donors (Lipinski definition) is 1. The second-order valence-corrected chi connectivity index (χ2v) is 6.86. The molecule has 2 bridgehead atoms. The number of fused-ring (bicyclic) bond motifs is 1. The quantitative estimate of drug-likeness (QED) is 0.868. The van der Waals surface area contributed by atoms with Gasteiger partial charge in [0.2, 0.25) is 0 Å². The molecule has 2 nitrogen and oxygen atoms in total. The lowest BCUT2D eigenvalue weighted by molar-refractivity contribution is 0.0769. The minimum atomic E-state index is 0.115. The average Bonchev–Trinajstić information content (AvgIpc) is 2.63. The van der Waals surface area contributed by atoms with Crippen LogP contribution in [0.15, 0.2) is 48.5 Å². The van der Waals surface area contributed by atoms with Crippen LogP contribution < -0.4 is 5.32 Å². The van der Waals surface area contributed by atoms with Gasteiger partial charge in [0.05, 0.1) is 5.54 Å². The number of hydrogen-bond acceptors (Lipinski definition) is 2. The molecule has 1 aliphatic heterocycles. The fraction of sp³-hybridized carbons (Fsp3) is 0.400. The highest BCUT2D eigenvalue weighted by Crippen LogP contribution is 2.57. The molecule has 0 atom stereocenters. The first-order chi connectivity index (χ1) is 10.9. The van der Waals surface area contributed by atoms with E-state index >= 15 is 0 Å². The van der Waals surface area contributed by atoms with Crippen molar-refractivity contribution in [3.8, 4) is 0 Å². The first kappa shape index (κ1) is 12.9. The topological polar surface area (TPSA) is 15.3 Å². The van der Waals surface area contributed by atoms with Gasteiger partial charge in [-0.05, 0) is 35.1 Å². The van der Waals surface area contributed by atoms with Crippen LogP contribution >= 0.6 is 0 Å². The molecule has 4 aliphatic rings. The van der Waals surface area contributed by atoms with E-state index in [0.29, 0.717) is 5.92 Å². The predicted octanol–water partition coefficient (Wildman–Crippen LogP) is 3.07. The van der Waals surface area contributed by atoms with Gasteiger partial charge in [-0.2, -0.15) is 0 Å². The van der Waals surface area contributed by atoms with Crippen molar-refractivity contribution in [2.75, 3.05) is 26.2 Å². The second-order valence-electron chi connectivity index (χ2n) is 6.86. The number of nitrogens with one attached hydrogen (secondary N) is 1. The molecule has 112 valence electrons. The molecule has 0 radical (unpaired) electrons. The van der Waals surface area contributed by atoms with Gasteiger partial charge in [0.25, 0.3) is 0 Å². The summed E-state index contributed by atoms with van der Waals surface area (Å²) in [6, 6.07) is 18.4. The zero-order valence-corrected chi connectivity index (χ0v) is 12.9. The largest absolute Gasteiger partial charge is 0.314 e. The molecular formula is C20H22N2. The molecule has 1 heterocycles. The summed E-state index contributed by atoms with van der Waals surface area (Å²) in [4.78, 5) is 2.75. The molecule has 0 aromatic heterocycles. The minimum Gasteiger partial charge on any atom is -0.314 e. The first-order valence-electron chi connectivity index (χ1n) is 8.56. The summed E-state index contributed by atoms with van der Waals surface area (Å²) in [6.07, 6.45) is 2.56. The third-order valence-electron chi connectivity index (χ3n) is 6.02. The fourth-order valence-corrected chi connectivity index (χ4v) is 5.15. The fourth-order valence-electron chi connectivity index (χ4n) is 5.15. The van der Waals surface area contributed by atoms with Gasteiger partial charge in [-0.25, -0.2) is 0 Å². The van der Waals surface area contributed by atoms with Crippen molar-refractivity contribution in [1.29, 1.82) is 0 Å². The summed E-state index contributed by atoms with van der Waals surface area (Å²) in [5, 5.41) is 3.51. The lowest BCUT2D eigenvalue weighted by Gasteiger charge is -2.55. The van der Waals surface area contributed by atoms with Crippen LogP contribution in [0.4, 0.5) is 0 Å². The van der Waals surface area contributed by atoms with Crippen LogP contribution in [-0.4, -0.2) is 31.1 Å². The van der Waals surface area contributed by atoms with Crippen LogP contribution in [0, 0.1) is 0 Å². The number of nitrogens with zero attached hydrogens (tertiary/aromatic N) is 1. The van der Waals surface area contributed by atoms with Gasteiger partial charge >= 0.3 is 0 Å². The zero-order chi connectivity index (χ0) is 14.6. The van der Waals surface area contributed by atoms with Gasteiger partial charge in [0, 0.05) is 32.1 Å². The Balaban J connectivity index is 1.79. The van der Waals surface area contributed by atoms with Crippen LogP contribution in [0.2, 0.25) is 0 Å². The van der Waals surface area contributed by atoms with Gasteiger partial charge < -0.3 is 5.32 Å². The van der Waals surface area contributed by atoms with Gasteiger partial charge in [-0.3, -0.25) is 4.90 Å². The third-order valence-corrected chi connectivity index (χ3v) is 6.02. The molecule has 1 N–H and O–H groups in total. The highest BCUT2D eigenvalue weighted by molar-refractivity contribution is 5.58. The van der Waals surface area contributed by atoms with E-state index in [9.17, 15) is 0 Å². The highest BCUT2D eigenvalue weighted by atomic mass is 15.2. The van der Waals surface area contributed by atoms with Gasteiger partial charge in [-0.15, -0.1) is 0 Å². The lowest BCUT2D eigenvalue weighted by atomic mass is 9.59. The Labute approximate surface area is 132 Å². The van der Waals surface area contributed by atoms with Gasteiger partial charge in [0.1, 0.15) is 0 Å². The molecule has 0 saturated carbocycles. The maximum Gasteiger partial charge on any atom is 0.0722 e.